The Morgan fingerprint density at radius 1 is 1.38 bits per heavy atom. The number of furan rings is 1. The Morgan fingerprint density at radius 3 is 2.88 bits per heavy atom. The van der Waals surface area contributed by atoms with Crippen LogP contribution in [0.1, 0.15) is 17.2 Å². The van der Waals surface area contributed by atoms with Crippen molar-refractivity contribution < 1.29 is 8.81 Å². The zero-order chi connectivity index (χ0) is 11.5. The third-order valence-corrected chi connectivity index (χ3v) is 3.03. The summed E-state index contributed by atoms with van der Waals surface area (Å²) < 4.78 is 19.1. The number of hydrogen-bond acceptors (Lipinski definition) is 2. The summed E-state index contributed by atoms with van der Waals surface area (Å²) in [6.45, 7) is 0. The van der Waals surface area contributed by atoms with Gasteiger partial charge < -0.3 is 10.2 Å². The van der Waals surface area contributed by atoms with Crippen molar-refractivity contribution in [3.63, 3.8) is 0 Å². The van der Waals surface area contributed by atoms with Crippen LogP contribution in [-0.4, -0.2) is 0 Å². The van der Waals surface area contributed by atoms with Gasteiger partial charge in [0.25, 0.3) is 0 Å². The molecule has 0 aliphatic heterocycles. The van der Waals surface area contributed by atoms with Gasteiger partial charge in [0.15, 0.2) is 0 Å². The molecule has 4 heteroatoms. The molecule has 1 aromatic heterocycles. The van der Waals surface area contributed by atoms with Crippen molar-refractivity contribution in [1.29, 1.82) is 0 Å². The number of halogens is 2. The number of benzene rings is 1. The van der Waals surface area contributed by atoms with Gasteiger partial charge in [-0.25, -0.2) is 4.39 Å². The molecule has 0 fully saturated rings. The van der Waals surface area contributed by atoms with Crippen molar-refractivity contribution >= 4 is 15.9 Å². The standard InChI is InChI=1S/C12H11BrFNO/c13-10-3-1-2-9(12(10)14)11(15)6-8-4-5-16-7-8/h1-5,7,11H,6,15H2. The lowest BCUT2D eigenvalue weighted by molar-refractivity contribution is 0.555. The van der Waals surface area contributed by atoms with Crippen LogP contribution in [0.5, 0.6) is 0 Å². The molecule has 1 unspecified atom stereocenters. The summed E-state index contributed by atoms with van der Waals surface area (Å²) in [4.78, 5) is 0. The van der Waals surface area contributed by atoms with Gasteiger partial charge >= 0.3 is 0 Å². The van der Waals surface area contributed by atoms with Gasteiger partial charge in [-0.05, 0) is 40.0 Å². The zero-order valence-electron chi connectivity index (χ0n) is 8.49. The van der Waals surface area contributed by atoms with Gasteiger partial charge in [0.05, 0.1) is 17.0 Å². The fourth-order valence-corrected chi connectivity index (χ4v) is 1.96. The third kappa shape index (κ3) is 2.33. The molecule has 2 rings (SSSR count). The molecule has 1 atom stereocenters. The van der Waals surface area contributed by atoms with E-state index < -0.39 is 0 Å². The highest BCUT2D eigenvalue weighted by Crippen LogP contribution is 2.24. The van der Waals surface area contributed by atoms with E-state index in [-0.39, 0.29) is 11.9 Å². The smallest absolute Gasteiger partial charge is 0.142 e. The Balaban J connectivity index is 2.21. The van der Waals surface area contributed by atoms with Crippen molar-refractivity contribution in [2.45, 2.75) is 12.5 Å². The van der Waals surface area contributed by atoms with E-state index in [2.05, 4.69) is 15.9 Å². The molecular formula is C12H11BrFNO. The lowest BCUT2D eigenvalue weighted by Crippen LogP contribution is -2.14. The van der Waals surface area contributed by atoms with Crippen molar-refractivity contribution in [1.82, 2.24) is 0 Å². The monoisotopic (exact) mass is 283 g/mol. The van der Waals surface area contributed by atoms with E-state index in [9.17, 15) is 4.39 Å². The van der Waals surface area contributed by atoms with Gasteiger partial charge in [0, 0.05) is 11.6 Å². The quantitative estimate of drug-likeness (QED) is 0.938. The molecule has 0 aliphatic carbocycles. The van der Waals surface area contributed by atoms with Crippen molar-refractivity contribution in [3.8, 4) is 0 Å². The first-order valence-corrected chi connectivity index (χ1v) is 5.68. The predicted molar refractivity (Wildman–Crippen MR) is 63.4 cm³/mol. The van der Waals surface area contributed by atoms with Gasteiger partial charge in [-0.3, -0.25) is 0 Å². The van der Waals surface area contributed by atoms with Crippen molar-refractivity contribution in [2.24, 2.45) is 5.73 Å². The summed E-state index contributed by atoms with van der Waals surface area (Å²) >= 11 is 3.14. The van der Waals surface area contributed by atoms with Gasteiger partial charge in [0.2, 0.25) is 0 Å². The zero-order valence-corrected chi connectivity index (χ0v) is 10.1. The number of nitrogens with two attached hydrogens (primary N) is 1. The first kappa shape index (κ1) is 11.4. The minimum absolute atomic E-state index is 0.293. The second-order valence-electron chi connectivity index (χ2n) is 3.59. The Labute approximate surface area is 101 Å². The molecule has 2 aromatic rings. The van der Waals surface area contributed by atoms with E-state index in [0.29, 0.717) is 16.5 Å². The van der Waals surface area contributed by atoms with Crippen LogP contribution in [0, 0.1) is 5.82 Å². The molecule has 0 radical (unpaired) electrons. The maximum Gasteiger partial charge on any atom is 0.142 e. The molecule has 0 saturated carbocycles. The van der Waals surface area contributed by atoms with E-state index in [1.807, 2.05) is 6.07 Å². The van der Waals surface area contributed by atoms with Crippen LogP contribution < -0.4 is 5.73 Å². The summed E-state index contributed by atoms with van der Waals surface area (Å²) in [6.07, 6.45) is 3.76. The van der Waals surface area contributed by atoms with Crippen LogP contribution in [-0.2, 0) is 6.42 Å². The Bertz CT molecular complexity index is 470. The Hall–Kier alpha value is -1.13. The fourth-order valence-electron chi connectivity index (χ4n) is 1.58. The highest BCUT2D eigenvalue weighted by atomic mass is 79.9. The summed E-state index contributed by atoms with van der Waals surface area (Å²) in [5.41, 5.74) is 7.43. The average molecular weight is 284 g/mol. The Kier molecular flexibility index (Phi) is 3.41. The Morgan fingerprint density at radius 2 is 2.19 bits per heavy atom. The molecule has 2 N–H and O–H groups in total. The van der Waals surface area contributed by atoms with E-state index in [1.165, 1.54) is 0 Å². The molecule has 16 heavy (non-hydrogen) atoms. The topological polar surface area (TPSA) is 39.2 Å². The minimum atomic E-state index is -0.366. The van der Waals surface area contributed by atoms with E-state index in [1.54, 1.807) is 30.7 Å². The van der Waals surface area contributed by atoms with Gasteiger partial charge in [-0.1, -0.05) is 12.1 Å². The van der Waals surface area contributed by atoms with Crippen LogP contribution in [0.4, 0.5) is 4.39 Å². The van der Waals surface area contributed by atoms with Crippen LogP contribution in [0.2, 0.25) is 0 Å². The van der Waals surface area contributed by atoms with E-state index in [0.717, 1.165) is 5.56 Å². The lowest BCUT2D eigenvalue weighted by Gasteiger charge is -2.12. The molecule has 0 amide bonds. The second kappa shape index (κ2) is 4.80. The van der Waals surface area contributed by atoms with Crippen molar-refractivity contribution in [2.75, 3.05) is 0 Å². The largest absolute Gasteiger partial charge is 0.472 e. The molecule has 2 nitrogen and oxygen atoms in total. The molecule has 84 valence electrons. The predicted octanol–water partition coefficient (Wildman–Crippen LogP) is 3.42. The molecular weight excluding hydrogens is 273 g/mol. The fraction of sp³-hybridized carbons (Fsp3) is 0.167. The molecule has 0 spiro atoms. The van der Waals surface area contributed by atoms with Crippen LogP contribution >= 0.6 is 15.9 Å². The second-order valence-corrected chi connectivity index (χ2v) is 4.44. The van der Waals surface area contributed by atoms with Gasteiger partial charge in [-0.15, -0.1) is 0 Å². The SMILES string of the molecule is NC(Cc1ccoc1)c1cccc(Br)c1F. The van der Waals surface area contributed by atoms with Crippen LogP contribution in [0.15, 0.2) is 45.7 Å². The molecule has 0 aliphatic rings. The summed E-state index contributed by atoms with van der Waals surface area (Å²) in [5.74, 6) is -0.293. The maximum atomic E-state index is 13.7. The van der Waals surface area contributed by atoms with Crippen molar-refractivity contribution in [3.05, 3.63) is 58.2 Å². The first-order chi connectivity index (χ1) is 7.68. The normalized spacial score (nSPS) is 12.7. The summed E-state index contributed by atoms with van der Waals surface area (Å²) in [7, 11) is 0. The molecule has 1 aromatic carbocycles. The first-order valence-electron chi connectivity index (χ1n) is 4.89. The van der Waals surface area contributed by atoms with Gasteiger partial charge in [-0.2, -0.15) is 0 Å². The van der Waals surface area contributed by atoms with Gasteiger partial charge in [0.1, 0.15) is 5.82 Å². The van der Waals surface area contributed by atoms with E-state index >= 15 is 0 Å². The van der Waals surface area contributed by atoms with Crippen LogP contribution in [0.25, 0.3) is 0 Å². The van der Waals surface area contributed by atoms with E-state index in [4.69, 9.17) is 10.2 Å². The highest BCUT2D eigenvalue weighted by Gasteiger charge is 2.14. The third-order valence-electron chi connectivity index (χ3n) is 2.42. The average Bonchev–Trinajstić information content (AvgIpc) is 2.74. The summed E-state index contributed by atoms with van der Waals surface area (Å²) in [5, 5.41) is 0. The number of rotatable bonds is 3. The highest BCUT2D eigenvalue weighted by molar-refractivity contribution is 9.10. The van der Waals surface area contributed by atoms with Crippen LogP contribution in [0.3, 0.4) is 0 Å². The lowest BCUT2D eigenvalue weighted by atomic mass is 10.0. The molecule has 1 heterocycles. The number of hydrogen-bond donors (Lipinski definition) is 1. The molecule has 0 saturated heterocycles. The molecule has 0 bridgehead atoms. The summed E-state index contributed by atoms with van der Waals surface area (Å²) in [6, 6.07) is 6.59. The minimum Gasteiger partial charge on any atom is -0.472 e. The maximum absolute atomic E-state index is 13.7.